The van der Waals surface area contributed by atoms with E-state index in [2.05, 4.69) is 0 Å². The molecule has 0 bridgehead atoms. The highest BCUT2D eigenvalue weighted by atomic mass is 32.2. The number of carbonyl (C=O) groups excluding carboxylic acids is 1. The van der Waals surface area contributed by atoms with Gasteiger partial charge in [0, 0.05) is 23.2 Å². The van der Waals surface area contributed by atoms with Gasteiger partial charge in [-0.15, -0.1) is 11.3 Å². The maximum absolute atomic E-state index is 11.4. The van der Waals surface area contributed by atoms with Crippen molar-refractivity contribution in [1.82, 2.24) is 0 Å². The zero-order valence-corrected chi connectivity index (χ0v) is 9.27. The van der Waals surface area contributed by atoms with E-state index < -0.39 is 10.8 Å². The molecule has 0 fully saturated rings. The van der Waals surface area contributed by atoms with Gasteiger partial charge in [0.2, 0.25) is 0 Å². The van der Waals surface area contributed by atoms with Gasteiger partial charge in [0.05, 0.1) is 10.6 Å². The van der Waals surface area contributed by atoms with E-state index in [1.807, 2.05) is 5.38 Å². The molecule has 1 atom stereocenters. The average Bonchev–Trinajstić information content (AvgIpc) is 2.67. The molecular formula is C9H12O3S2. The number of ketones is 1. The molecule has 1 aromatic rings. The van der Waals surface area contributed by atoms with Gasteiger partial charge in [0.15, 0.2) is 5.78 Å². The minimum Gasteiger partial charge on any atom is -0.396 e. The third kappa shape index (κ3) is 3.69. The Kier molecular flexibility index (Phi) is 5.00. The first-order valence-corrected chi connectivity index (χ1v) is 6.63. The molecular weight excluding hydrogens is 220 g/mol. The second-order valence-corrected chi connectivity index (χ2v) is 5.29. The Morgan fingerprint density at radius 2 is 2.36 bits per heavy atom. The van der Waals surface area contributed by atoms with Crippen LogP contribution in [0.3, 0.4) is 0 Å². The maximum atomic E-state index is 11.4. The highest BCUT2D eigenvalue weighted by molar-refractivity contribution is 7.85. The Hall–Kier alpha value is -0.520. The predicted molar refractivity (Wildman–Crippen MR) is 58.2 cm³/mol. The van der Waals surface area contributed by atoms with Crippen LogP contribution in [-0.2, 0) is 10.8 Å². The molecule has 5 heteroatoms. The highest BCUT2D eigenvalue weighted by Crippen LogP contribution is 2.09. The Bertz CT molecular complexity index is 306. The van der Waals surface area contributed by atoms with Gasteiger partial charge in [0.1, 0.15) is 0 Å². The molecule has 1 N–H and O–H groups in total. The Morgan fingerprint density at radius 1 is 1.57 bits per heavy atom. The largest absolute Gasteiger partial charge is 0.396 e. The molecule has 0 radical (unpaired) electrons. The van der Waals surface area contributed by atoms with Crippen LogP contribution in [0.5, 0.6) is 0 Å². The summed E-state index contributed by atoms with van der Waals surface area (Å²) in [6, 6.07) is 3.53. The van der Waals surface area contributed by atoms with Crippen molar-refractivity contribution in [2.45, 2.75) is 6.42 Å². The molecule has 0 saturated heterocycles. The van der Waals surface area contributed by atoms with Gasteiger partial charge in [0.25, 0.3) is 0 Å². The normalized spacial score (nSPS) is 12.6. The number of hydrogen-bond acceptors (Lipinski definition) is 4. The molecule has 0 aliphatic heterocycles. The van der Waals surface area contributed by atoms with Gasteiger partial charge in [-0.2, -0.15) is 0 Å². The fourth-order valence-electron chi connectivity index (χ4n) is 0.952. The molecule has 78 valence electrons. The van der Waals surface area contributed by atoms with Crippen LogP contribution in [0, 0.1) is 0 Å². The number of aliphatic hydroxyl groups excluding tert-OH is 1. The summed E-state index contributed by atoms with van der Waals surface area (Å²) in [5, 5.41) is 10.3. The fourth-order valence-corrected chi connectivity index (χ4v) is 2.75. The van der Waals surface area contributed by atoms with Crippen molar-refractivity contribution in [3.8, 4) is 0 Å². The van der Waals surface area contributed by atoms with Crippen molar-refractivity contribution < 1.29 is 14.1 Å². The highest BCUT2D eigenvalue weighted by Gasteiger charge is 2.10. The minimum absolute atomic E-state index is 0.0267. The number of thiophene rings is 1. The van der Waals surface area contributed by atoms with Crippen LogP contribution >= 0.6 is 11.3 Å². The number of aliphatic hydroxyl groups is 1. The van der Waals surface area contributed by atoms with Crippen molar-refractivity contribution in [2.75, 3.05) is 18.1 Å². The van der Waals surface area contributed by atoms with Gasteiger partial charge < -0.3 is 5.11 Å². The SMILES string of the molecule is O=C(CS(=O)CCCO)c1cccs1. The number of Topliss-reactive ketones (excluding diaryl/α,β-unsaturated/α-hetero) is 1. The molecule has 1 rings (SSSR count). The van der Waals surface area contributed by atoms with E-state index in [0.29, 0.717) is 17.1 Å². The van der Waals surface area contributed by atoms with E-state index in [-0.39, 0.29) is 18.1 Å². The van der Waals surface area contributed by atoms with Gasteiger partial charge in [-0.1, -0.05) is 6.07 Å². The van der Waals surface area contributed by atoms with Crippen LogP contribution in [-0.4, -0.2) is 33.2 Å². The standard InChI is InChI=1S/C9H12O3S2/c10-4-2-6-14(12)7-8(11)9-3-1-5-13-9/h1,3,5,10H,2,4,6-7H2. The maximum Gasteiger partial charge on any atom is 0.185 e. The summed E-state index contributed by atoms with van der Waals surface area (Å²) in [4.78, 5) is 12.1. The summed E-state index contributed by atoms with van der Waals surface area (Å²) >= 11 is 1.36. The molecule has 0 spiro atoms. The summed E-state index contributed by atoms with van der Waals surface area (Å²) in [5.74, 6) is 0.394. The summed E-state index contributed by atoms with van der Waals surface area (Å²) in [6.07, 6.45) is 0.490. The third-order valence-corrected chi connectivity index (χ3v) is 3.86. The van der Waals surface area contributed by atoms with Crippen LogP contribution < -0.4 is 0 Å². The lowest BCUT2D eigenvalue weighted by Crippen LogP contribution is -2.12. The molecule has 0 aliphatic carbocycles. The van der Waals surface area contributed by atoms with Crippen molar-refractivity contribution in [3.63, 3.8) is 0 Å². The Labute approximate surface area is 89.2 Å². The Morgan fingerprint density at radius 3 is 2.93 bits per heavy atom. The van der Waals surface area contributed by atoms with E-state index in [0.717, 1.165) is 0 Å². The van der Waals surface area contributed by atoms with E-state index in [9.17, 15) is 9.00 Å². The molecule has 1 aromatic heterocycles. The molecule has 0 aromatic carbocycles. The minimum atomic E-state index is -1.14. The average molecular weight is 232 g/mol. The van der Waals surface area contributed by atoms with E-state index in [1.165, 1.54) is 11.3 Å². The monoisotopic (exact) mass is 232 g/mol. The summed E-state index contributed by atoms with van der Waals surface area (Å²) in [7, 11) is -1.14. The summed E-state index contributed by atoms with van der Waals surface area (Å²) in [6.45, 7) is 0.0267. The lowest BCUT2D eigenvalue weighted by Gasteiger charge is -1.98. The predicted octanol–water partition coefficient (Wildman–Crippen LogP) is 1.06. The van der Waals surface area contributed by atoms with Gasteiger partial charge in [-0.25, -0.2) is 0 Å². The second-order valence-electron chi connectivity index (χ2n) is 2.77. The second kappa shape index (κ2) is 6.06. The van der Waals surface area contributed by atoms with Crippen LogP contribution in [0.15, 0.2) is 17.5 Å². The molecule has 1 heterocycles. The Balaban J connectivity index is 2.38. The zero-order valence-electron chi connectivity index (χ0n) is 7.64. The summed E-state index contributed by atoms with van der Waals surface area (Å²) < 4.78 is 11.3. The summed E-state index contributed by atoms with van der Waals surface area (Å²) in [5.41, 5.74) is 0. The lowest BCUT2D eigenvalue weighted by molar-refractivity contribution is 0.102. The van der Waals surface area contributed by atoms with Crippen LogP contribution in [0.1, 0.15) is 16.1 Å². The van der Waals surface area contributed by atoms with Crippen LogP contribution in [0.4, 0.5) is 0 Å². The van der Waals surface area contributed by atoms with Crippen LogP contribution in [0.25, 0.3) is 0 Å². The van der Waals surface area contributed by atoms with Gasteiger partial charge in [-0.05, 0) is 17.9 Å². The first-order chi connectivity index (χ1) is 6.74. The molecule has 14 heavy (non-hydrogen) atoms. The lowest BCUT2D eigenvalue weighted by atomic mass is 10.4. The first-order valence-electron chi connectivity index (χ1n) is 4.26. The fraction of sp³-hybridized carbons (Fsp3) is 0.444. The molecule has 0 amide bonds. The van der Waals surface area contributed by atoms with E-state index in [4.69, 9.17) is 5.11 Å². The first kappa shape index (κ1) is 11.6. The molecule has 0 aliphatic rings. The number of hydrogen-bond donors (Lipinski definition) is 1. The van der Waals surface area contributed by atoms with Crippen molar-refractivity contribution in [1.29, 1.82) is 0 Å². The molecule has 3 nitrogen and oxygen atoms in total. The quantitative estimate of drug-likeness (QED) is 0.746. The smallest absolute Gasteiger partial charge is 0.185 e. The van der Waals surface area contributed by atoms with Gasteiger partial charge in [-0.3, -0.25) is 9.00 Å². The topological polar surface area (TPSA) is 54.4 Å². The molecule has 0 saturated carbocycles. The number of rotatable bonds is 6. The van der Waals surface area contributed by atoms with E-state index >= 15 is 0 Å². The number of carbonyl (C=O) groups is 1. The zero-order chi connectivity index (χ0) is 10.4. The van der Waals surface area contributed by atoms with Crippen LogP contribution in [0.2, 0.25) is 0 Å². The third-order valence-electron chi connectivity index (χ3n) is 1.62. The van der Waals surface area contributed by atoms with Gasteiger partial charge >= 0.3 is 0 Å². The molecule has 1 unspecified atom stereocenters. The van der Waals surface area contributed by atoms with Crippen molar-refractivity contribution >= 4 is 27.9 Å². The van der Waals surface area contributed by atoms with E-state index in [1.54, 1.807) is 12.1 Å². The van der Waals surface area contributed by atoms with Crippen molar-refractivity contribution in [3.05, 3.63) is 22.4 Å². The van der Waals surface area contributed by atoms with Crippen molar-refractivity contribution in [2.24, 2.45) is 0 Å².